The quantitative estimate of drug-likeness (QED) is 0.415. The number of esters is 2. The molecule has 0 fully saturated rings. The number of hydrogen-bond acceptors (Lipinski definition) is 4. The van der Waals surface area contributed by atoms with Crippen LogP contribution in [0.3, 0.4) is 0 Å². The zero-order valence-electron chi connectivity index (χ0n) is 11.8. The van der Waals surface area contributed by atoms with Crippen molar-refractivity contribution in [3.63, 3.8) is 0 Å². The van der Waals surface area contributed by atoms with E-state index in [1.807, 2.05) is 13.8 Å². The lowest BCUT2D eigenvalue weighted by molar-refractivity contribution is -0.140. The minimum absolute atomic E-state index is 0.304. The van der Waals surface area contributed by atoms with Crippen LogP contribution >= 0.6 is 0 Å². The second-order valence-electron chi connectivity index (χ2n) is 4.41. The summed E-state index contributed by atoms with van der Waals surface area (Å²) in [6.45, 7) is 9.70. The molecule has 0 saturated carbocycles. The van der Waals surface area contributed by atoms with E-state index in [-0.39, 0.29) is 11.9 Å². The monoisotopic (exact) mass is 254 g/mol. The van der Waals surface area contributed by atoms with E-state index in [0.717, 1.165) is 0 Å². The number of carbonyl (C=O) groups is 2. The van der Waals surface area contributed by atoms with Crippen LogP contribution < -0.4 is 0 Å². The first-order valence-electron chi connectivity index (χ1n) is 6.07. The average Bonchev–Trinajstić information content (AvgIpc) is 2.32. The number of rotatable bonds is 6. The fraction of sp³-hybridized carbons (Fsp3) is 0.571. The van der Waals surface area contributed by atoms with Gasteiger partial charge in [0.15, 0.2) is 0 Å². The number of allylic oxidation sites excluding steroid dienone is 2. The molecule has 0 N–H and O–H groups in total. The van der Waals surface area contributed by atoms with Crippen molar-refractivity contribution in [2.45, 2.75) is 34.6 Å². The second-order valence-corrected chi connectivity index (χ2v) is 4.41. The van der Waals surface area contributed by atoms with Crippen LogP contribution in [0.2, 0.25) is 0 Å². The highest BCUT2D eigenvalue weighted by Crippen LogP contribution is 2.03. The van der Waals surface area contributed by atoms with E-state index >= 15 is 0 Å². The predicted octanol–water partition coefficient (Wildman–Crippen LogP) is 2.64. The maximum Gasteiger partial charge on any atom is 0.333 e. The molecule has 0 aromatic rings. The van der Waals surface area contributed by atoms with Crippen LogP contribution in [0.5, 0.6) is 0 Å². The highest BCUT2D eigenvalue weighted by Gasteiger charge is 2.07. The highest BCUT2D eigenvalue weighted by atomic mass is 16.5. The summed E-state index contributed by atoms with van der Waals surface area (Å²) in [5.74, 6) is -0.438. The van der Waals surface area contributed by atoms with Crippen LogP contribution in [0.25, 0.3) is 0 Å². The average molecular weight is 254 g/mol. The lowest BCUT2D eigenvalue weighted by Crippen LogP contribution is -2.10. The Morgan fingerprint density at radius 2 is 1.44 bits per heavy atom. The fourth-order valence-corrected chi connectivity index (χ4v) is 0.987. The Hall–Kier alpha value is -1.58. The molecule has 0 saturated heterocycles. The molecule has 0 aliphatic rings. The topological polar surface area (TPSA) is 52.6 Å². The normalized spacial score (nSPS) is 12.6. The molecule has 0 rings (SSSR count). The summed E-state index contributed by atoms with van der Waals surface area (Å²) in [5, 5.41) is 0. The van der Waals surface area contributed by atoms with Crippen molar-refractivity contribution in [3.8, 4) is 0 Å². The molecule has 0 amide bonds. The molecule has 102 valence electrons. The van der Waals surface area contributed by atoms with E-state index in [4.69, 9.17) is 9.47 Å². The molecule has 0 radical (unpaired) electrons. The van der Waals surface area contributed by atoms with E-state index in [1.54, 1.807) is 32.9 Å². The van der Waals surface area contributed by atoms with E-state index < -0.39 is 0 Å². The molecule has 4 nitrogen and oxygen atoms in total. The van der Waals surface area contributed by atoms with Crippen LogP contribution in [0.4, 0.5) is 0 Å². The van der Waals surface area contributed by atoms with E-state index in [9.17, 15) is 9.59 Å². The Kier molecular flexibility index (Phi) is 7.76. The van der Waals surface area contributed by atoms with Crippen LogP contribution in [0, 0.1) is 5.92 Å². The molecule has 0 unspecified atom stereocenters. The molecular weight excluding hydrogens is 232 g/mol. The smallest absolute Gasteiger partial charge is 0.333 e. The summed E-state index contributed by atoms with van der Waals surface area (Å²) in [6.07, 6.45) is 3.12. The van der Waals surface area contributed by atoms with Crippen molar-refractivity contribution in [1.82, 2.24) is 0 Å². The molecule has 0 aromatic heterocycles. The maximum atomic E-state index is 11.5. The molecule has 0 heterocycles. The third-order valence-corrected chi connectivity index (χ3v) is 2.05. The van der Waals surface area contributed by atoms with Crippen LogP contribution in [-0.4, -0.2) is 25.2 Å². The minimum Gasteiger partial charge on any atom is -0.463 e. The fourth-order valence-electron chi connectivity index (χ4n) is 0.987. The molecular formula is C14H22O4. The summed E-state index contributed by atoms with van der Waals surface area (Å²) in [5.41, 5.74) is 0.909. The summed E-state index contributed by atoms with van der Waals surface area (Å²) in [6, 6.07) is 0. The first kappa shape index (κ1) is 16.4. The van der Waals surface area contributed by atoms with E-state index in [2.05, 4.69) is 0 Å². The molecule has 0 aliphatic heterocycles. The van der Waals surface area contributed by atoms with Gasteiger partial charge in [0.1, 0.15) is 0 Å². The lowest BCUT2D eigenvalue weighted by atomic mass is 10.2. The maximum absolute atomic E-state index is 11.5. The van der Waals surface area contributed by atoms with Crippen molar-refractivity contribution in [2.75, 3.05) is 13.2 Å². The number of carbonyl (C=O) groups excluding carboxylic acids is 2. The van der Waals surface area contributed by atoms with Gasteiger partial charge in [-0.2, -0.15) is 0 Å². The Balaban J connectivity index is 4.44. The van der Waals surface area contributed by atoms with Crippen molar-refractivity contribution in [1.29, 1.82) is 0 Å². The third kappa shape index (κ3) is 6.89. The second kappa shape index (κ2) is 8.50. The van der Waals surface area contributed by atoms with Crippen molar-refractivity contribution < 1.29 is 19.1 Å². The van der Waals surface area contributed by atoms with E-state index in [1.165, 1.54) is 0 Å². The van der Waals surface area contributed by atoms with Gasteiger partial charge in [0.05, 0.1) is 13.2 Å². The zero-order valence-corrected chi connectivity index (χ0v) is 11.8. The van der Waals surface area contributed by atoms with Crippen molar-refractivity contribution in [3.05, 3.63) is 23.3 Å². The largest absolute Gasteiger partial charge is 0.463 e. The van der Waals surface area contributed by atoms with Gasteiger partial charge in [0.2, 0.25) is 0 Å². The van der Waals surface area contributed by atoms with Gasteiger partial charge in [-0.25, -0.2) is 9.59 Å². The summed E-state index contributed by atoms with van der Waals surface area (Å²) < 4.78 is 9.88. The van der Waals surface area contributed by atoms with Gasteiger partial charge in [-0.05, 0) is 26.7 Å². The standard InChI is InChI=1S/C14H22O4/c1-6-17-13(15)11(4)7-8-12(5)14(16)18-9-10(2)3/h7-8,10H,6,9H2,1-5H3/b11-7+,12-8+. The minimum atomic E-state index is -0.378. The molecule has 18 heavy (non-hydrogen) atoms. The number of ether oxygens (including phenoxy) is 2. The van der Waals surface area contributed by atoms with Gasteiger partial charge in [-0.1, -0.05) is 26.0 Å². The molecule has 0 aromatic carbocycles. The highest BCUT2D eigenvalue weighted by molar-refractivity contribution is 5.90. The van der Waals surface area contributed by atoms with Gasteiger partial charge in [-0.3, -0.25) is 0 Å². The Morgan fingerprint density at radius 3 is 1.83 bits per heavy atom. The SMILES string of the molecule is CCOC(=O)/C(C)=C/C=C(\C)C(=O)OCC(C)C. The lowest BCUT2D eigenvalue weighted by Gasteiger charge is -2.06. The summed E-state index contributed by atoms with van der Waals surface area (Å²) in [7, 11) is 0. The van der Waals surface area contributed by atoms with E-state index in [0.29, 0.717) is 30.3 Å². The first-order valence-corrected chi connectivity index (χ1v) is 6.07. The van der Waals surface area contributed by atoms with Gasteiger partial charge in [-0.15, -0.1) is 0 Å². The summed E-state index contributed by atoms with van der Waals surface area (Å²) >= 11 is 0. The zero-order chi connectivity index (χ0) is 14.1. The summed E-state index contributed by atoms with van der Waals surface area (Å²) in [4.78, 5) is 22.8. The molecule has 0 atom stereocenters. The third-order valence-electron chi connectivity index (χ3n) is 2.05. The predicted molar refractivity (Wildman–Crippen MR) is 69.9 cm³/mol. The van der Waals surface area contributed by atoms with Crippen molar-refractivity contribution in [2.24, 2.45) is 5.92 Å². The van der Waals surface area contributed by atoms with Crippen LogP contribution in [0.1, 0.15) is 34.6 Å². The van der Waals surface area contributed by atoms with Gasteiger partial charge in [0.25, 0.3) is 0 Å². The van der Waals surface area contributed by atoms with Crippen LogP contribution in [0.15, 0.2) is 23.3 Å². The molecule has 0 bridgehead atoms. The Labute approximate surface area is 109 Å². The molecule has 4 heteroatoms. The molecule has 0 aliphatic carbocycles. The first-order chi connectivity index (χ1) is 8.38. The van der Waals surface area contributed by atoms with Gasteiger partial charge in [0, 0.05) is 11.1 Å². The van der Waals surface area contributed by atoms with Gasteiger partial charge < -0.3 is 9.47 Å². The molecule has 0 spiro atoms. The van der Waals surface area contributed by atoms with Crippen molar-refractivity contribution >= 4 is 11.9 Å². The Morgan fingerprint density at radius 1 is 1.00 bits per heavy atom. The van der Waals surface area contributed by atoms with Crippen LogP contribution in [-0.2, 0) is 19.1 Å². The van der Waals surface area contributed by atoms with Gasteiger partial charge >= 0.3 is 11.9 Å². The Bertz CT molecular complexity index is 351. The number of hydrogen-bond donors (Lipinski definition) is 0.